The minimum atomic E-state index is -0.697. The molecule has 0 fully saturated rings. The average Bonchev–Trinajstić information content (AvgIpc) is 2.72. The molecule has 7 heteroatoms. The number of aryl methyl sites for hydroxylation is 1. The molecule has 0 saturated carbocycles. The molecule has 7 nitrogen and oxygen atoms in total. The van der Waals surface area contributed by atoms with Crippen molar-refractivity contribution in [2.24, 2.45) is 0 Å². The van der Waals surface area contributed by atoms with Gasteiger partial charge in [-0.1, -0.05) is 17.7 Å². The van der Waals surface area contributed by atoms with Crippen molar-refractivity contribution in [1.29, 1.82) is 5.26 Å². The maximum atomic E-state index is 12.4. The van der Waals surface area contributed by atoms with E-state index in [1.807, 2.05) is 25.1 Å². The lowest BCUT2D eigenvalue weighted by Gasteiger charge is -2.21. The molecule has 0 N–H and O–H groups in total. The van der Waals surface area contributed by atoms with E-state index < -0.39 is 18.5 Å². The summed E-state index contributed by atoms with van der Waals surface area (Å²) in [6.07, 6.45) is 0.864. The number of aldehydes is 1. The Bertz CT molecular complexity index is 854. The Morgan fingerprint density at radius 2 is 1.75 bits per heavy atom. The number of hydrogen-bond donors (Lipinski definition) is 0. The maximum absolute atomic E-state index is 12.4. The summed E-state index contributed by atoms with van der Waals surface area (Å²) in [7, 11) is 0. The van der Waals surface area contributed by atoms with Gasteiger partial charge >= 0.3 is 5.97 Å². The van der Waals surface area contributed by atoms with Gasteiger partial charge in [-0.05, 0) is 43.3 Å². The highest BCUT2D eigenvalue weighted by atomic mass is 16.6. The fraction of sp³-hybridized carbons (Fsp3) is 0.238. The zero-order chi connectivity index (χ0) is 20.4. The first-order valence-electron chi connectivity index (χ1n) is 8.61. The first-order valence-corrected chi connectivity index (χ1v) is 8.61. The van der Waals surface area contributed by atoms with Gasteiger partial charge < -0.3 is 14.4 Å². The zero-order valence-corrected chi connectivity index (χ0v) is 15.5. The summed E-state index contributed by atoms with van der Waals surface area (Å²) in [6.45, 7) is 1.32. The van der Waals surface area contributed by atoms with Crippen LogP contribution in [0.4, 0.5) is 5.69 Å². The largest absolute Gasteiger partial charge is 0.482 e. The van der Waals surface area contributed by atoms with Gasteiger partial charge in [0.15, 0.2) is 13.2 Å². The van der Waals surface area contributed by atoms with Crippen molar-refractivity contribution in [3.8, 4) is 11.8 Å². The number of anilines is 1. The van der Waals surface area contributed by atoms with E-state index in [-0.39, 0.29) is 19.6 Å². The number of hydrogen-bond acceptors (Lipinski definition) is 6. The molecule has 0 spiro atoms. The smallest absolute Gasteiger partial charge is 0.344 e. The normalized spacial score (nSPS) is 9.86. The van der Waals surface area contributed by atoms with E-state index in [4.69, 9.17) is 14.7 Å². The molecule has 2 aromatic rings. The van der Waals surface area contributed by atoms with E-state index in [0.717, 1.165) is 5.56 Å². The zero-order valence-electron chi connectivity index (χ0n) is 15.5. The number of benzene rings is 2. The molecule has 0 unspecified atom stereocenters. The Balaban J connectivity index is 1.87. The van der Waals surface area contributed by atoms with Crippen molar-refractivity contribution >= 4 is 23.9 Å². The van der Waals surface area contributed by atoms with Gasteiger partial charge in [-0.15, -0.1) is 0 Å². The molecule has 0 aliphatic rings. The number of nitrogens with zero attached hydrogens (tertiary/aromatic N) is 2. The number of nitriles is 1. The molecular weight excluding hydrogens is 360 g/mol. The van der Waals surface area contributed by atoms with Crippen LogP contribution in [0.5, 0.6) is 5.75 Å². The van der Waals surface area contributed by atoms with Crippen molar-refractivity contribution in [1.82, 2.24) is 0 Å². The summed E-state index contributed by atoms with van der Waals surface area (Å²) < 4.78 is 10.2. The molecule has 0 heterocycles. The van der Waals surface area contributed by atoms with Crippen LogP contribution in [-0.4, -0.2) is 37.9 Å². The van der Waals surface area contributed by atoms with E-state index in [1.165, 1.54) is 4.90 Å². The lowest BCUT2D eigenvalue weighted by Crippen LogP contribution is -2.36. The fourth-order valence-electron chi connectivity index (χ4n) is 2.33. The van der Waals surface area contributed by atoms with Crippen LogP contribution < -0.4 is 9.64 Å². The predicted octanol–water partition coefficient (Wildman–Crippen LogP) is 2.68. The Morgan fingerprint density at radius 1 is 1.07 bits per heavy atom. The standard InChI is InChI=1S/C21H20N2O5/c1-16-3-7-18(8-4-16)23(12-2-11-22)20(25)14-28-21(26)15-27-19-9-5-17(13-24)6-10-19/h3-10,13H,2,12,14-15H2,1H3. The van der Waals surface area contributed by atoms with Crippen LogP contribution in [0.1, 0.15) is 22.3 Å². The second-order valence-corrected chi connectivity index (χ2v) is 5.93. The van der Waals surface area contributed by atoms with Crippen molar-refractivity contribution in [2.45, 2.75) is 13.3 Å². The quantitative estimate of drug-likeness (QED) is 0.490. The fourth-order valence-corrected chi connectivity index (χ4v) is 2.33. The topological polar surface area (TPSA) is 96.7 Å². The van der Waals surface area contributed by atoms with Crippen LogP contribution in [0, 0.1) is 18.3 Å². The molecule has 0 atom stereocenters. The molecule has 2 rings (SSSR count). The van der Waals surface area contributed by atoms with Crippen LogP contribution in [0.15, 0.2) is 48.5 Å². The summed E-state index contributed by atoms with van der Waals surface area (Å²) in [5.74, 6) is -0.719. The Hall–Kier alpha value is -3.66. The summed E-state index contributed by atoms with van der Waals surface area (Å²) >= 11 is 0. The van der Waals surface area contributed by atoms with E-state index in [9.17, 15) is 14.4 Å². The lowest BCUT2D eigenvalue weighted by atomic mass is 10.2. The lowest BCUT2D eigenvalue weighted by molar-refractivity contribution is -0.149. The number of ether oxygens (including phenoxy) is 2. The molecule has 1 amide bonds. The second kappa shape index (κ2) is 10.5. The Labute approximate surface area is 163 Å². The summed E-state index contributed by atoms with van der Waals surface area (Å²) in [5, 5.41) is 8.81. The van der Waals surface area contributed by atoms with Gasteiger partial charge in [-0.25, -0.2) is 4.79 Å². The second-order valence-electron chi connectivity index (χ2n) is 5.93. The monoisotopic (exact) mass is 380 g/mol. The van der Waals surface area contributed by atoms with Crippen molar-refractivity contribution in [3.63, 3.8) is 0 Å². The van der Waals surface area contributed by atoms with Gasteiger partial charge in [-0.3, -0.25) is 9.59 Å². The van der Waals surface area contributed by atoms with Crippen LogP contribution in [-0.2, 0) is 14.3 Å². The molecule has 0 bridgehead atoms. The molecular formula is C21H20N2O5. The number of carbonyl (C=O) groups excluding carboxylic acids is 3. The van der Waals surface area contributed by atoms with E-state index in [1.54, 1.807) is 36.4 Å². The van der Waals surface area contributed by atoms with Gasteiger partial charge in [-0.2, -0.15) is 5.26 Å². The minimum Gasteiger partial charge on any atom is -0.482 e. The predicted molar refractivity (Wildman–Crippen MR) is 102 cm³/mol. The van der Waals surface area contributed by atoms with Crippen molar-refractivity contribution in [2.75, 3.05) is 24.7 Å². The number of amides is 1. The molecule has 0 aliphatic carbocycles. The molecule has 28 heavy (non-hydrogen) atoms. The third-order valence-corrected chi connectivity index (χ3v) is 3.82. The van der Waals surface area contributed by atoms with E-state index in [0.29, 0.717) is 23.3 Å². The first kappa shape index (κ1) is 20.6. The molecule has 0 radical (unpaired) electrons. The Kier molecular flexibility index (Phi) is 7.73. The molecule has 0 aromatic heterocycles. The third-order valence-electron chi connectivity index (χ3n) is 3.82. The van der Waals surface area contributed by atoms with E-state index in [2.05, 4.69) is 0 Å². The Morgan fingerprint density at radius 3 is 2.36 bits per heavy atom. The van der Waals surface area contributed by atoms with Gasteiger partial charge in [0.25, 0.3) is 5.91 Å². The van der Waals surface area contributed by atoms with Crippen LogP contribution in [0.2, 0.25) is 0 Å². The minimum absolute atomic E-state index is 0.160. The van der Waals surface area contributed by atoms with Crippen LogP contribution in [0.25, 0.3) is 0 Å². The molecule has 2 aromatic carbocycles. The highest BCUT2D eigenvalue weighted by Crippen LogP contribution is 2.16. The summed E-state index contributed by atoms with van der Waals surface area (Å²) in [5.41, 5.74) is 2.17. The number of rotatable bonds is 9. The first-order chi connectivity index (χ1) is 13.5. The molecule has 0 aliphatic heterocycles. The van der Waals surface area contributed by atoms with Crippen molar-refractivity contribution < 1.29 is 23.9 Å². The highest BCUT2D eigenvalue weighted by molar-refractivity contribution is 5.95. The van der Waals surface area contributed by atoms with Crippen molar-refractivity contribution in [3.05, 3.63) is 59.7 Å². The van der Waals surface area contributed by atoms with Gasteiger partial charge in [0, 0.05) is 17.8 Å². The van der Waals surface area contributed by atoms with Crippen LogP contribution in [0.3, 0.4) is 0 Å². The molecule has 0 saturated heterocycles. The third kappa shape index (κ3) is 6.25. The van der Waals surface area contributed by atoms with Crippen LogP contribution >= 0.6 is 0 Å². The average molecular weight is 380 g/mol. The molecule has 144 valence electrons. The SMILES string of the molecule is Cc1ccc(N(CCC#N)C(=O)COC(=O)COc2ccc(C=O)cc2)cc1. The summed E-state index contributed by atoms with van der Waals surface area (Å²) in [4.78, 5) is 36.3. The van der Waals surface area contributed by atoms with Gasteiger partial charge in [0.05, 0.1) is 12.5 Å². The van der Waals surface area contributed by atoms with Gasteiger partial charge in [0.2, 0.25) is 0 Å². The number of carbonyl (C=O) groups is 3. The van der Waals surface area contributed by atoms with E-state index >= 15 is 0 Å². The van der Waals surface area contributed by atoms with Gasteiger partial charge in [0.1, 0.15) is 12.0 Å². The summed E-state index contributed by atoms with van der Waals surface area (Å²) in [6, 6.07) is 15.5. The maximum Gasteiger partial charge on any atom is 0.344 e. The highest BCUT2D eigenvalue weighted by Gasteiger charge is 2.17. The number of esters is 1.